The predicted molar refractivity (Wildman–Crippen MR) is 82.0 cm³/mol. The van der Waals surface area contributed by atoms with Crippen molar-refractivity contribution in [3.63, 3.8) is 0 Å². The number of amides is 2. The van der Waals surface area contributed by atoms with Gasteiger partial charge >= 0.3 is 6.03 Å². The van der Waals surface area contributed by atoms with Crippen molar-refractivity contribution in [3.8, 4) is 11.5 Å². The highest BCUT2D eigenvalue weighted by Gasteiger charge is 2.51. The highest BCUT2D eigenvalue weighted by atomic mass is 19.3. The Labute approximate surface area is 134 Å². The summed E-state index contributed by atoms with van der Waals surface area (Å²) >= 11 is 0. The molecule has 1 aromatic rings. The summed E-state index contributed by atoms with van der Waals surface area (Å²) in [7, 11) is 3.09. The first-order valence-corrected chi connectivity index (χ1v) is 7.45. The third kappa shape index (κ3) is 4.71. The molecule has 0 radical (unpaired) electrons. The smallest absolute Gasteiger partial charge is 0.315 e. The molecule has 0 aliphatic heterocycles. The fourth-order valence-electron chi connectivity index (χ4n) is 2.55. The molecule has 2 amide bonds. The van der Waals surface area contributed by atoms with Gasteiger partial charge < -0.3 is 20.1 Å². The van der Waals surface area contributed by atoms with E-state index < -0.39 is 11.8 Å². The molecule has 0 bridgehead atoms. The van der Waals surface area contributed by atoms with Gasteiger partial charge in [0.25, 0.3) is 0 Å². The van der Waals surface area contributed by atoms with Crippen LogP contribution in [0, 0.1) is 11.8 Å². The Balaban J connectivity index is 1.75. The SMILES string of the molecule is COc1ccc(CNC(=O)NC[C@@H]2C[C@H]2C(C)(F)F)cc1OC. The zero-order valence-corrected chi connectivity index (χ0v) is 13.5. The van der Waals surface area contributed by atoms with Crippen LogP contribution in [0.1, 0.15) is 18.9 Å². The molecule has 0 spiro atoms. The van der Waals surface area contributed by atoms with Crippen LogP contribution in [-0.4, -0.2) is 32.7 Å². The van der Waals surface area contributed by atoms with Crippen molar-refractivity contribution in [2.24, 2.45) is 11.8 Å². The maximum atomic E-state index is 13.0. The Morgan fingerprint density at radius 1 is 1.26 bits per heavy atom. The number of hydrogen-bond donors (Lipinski definition) is 2. The number of carbonyl (C=O) groups excluding carboxylic acids is 1. The lowest BCUT2D eigenvalue weighted by molar-refractivity contribution is -0.00719. The first-order valence-electron chi connectivity index (χ1n) is 7.45. The Bertz CT molecular complexity index is 561. The van der Waals surface area contributed by atoms with Crippen molar-refractivity contribution < 1.29 is 23.0 Å². The highest BCUT2D eigenvalue weighted by molar-refractivity contribution is 5.73. The fraction of sp³-hybridized carbons (Fsp3) is 0.562. The van der Waals surface area contributed by atoms with E-state index in [1.165, 1.54) is 7.11 Å². The Morgan fingerprint density at radius 2 is 1.96 bits per heavy atom. The van der Waals surface area contributed by atoms with Crippen molar-refractivity contribution in [1.29, 1.82) is 0 Å². The summed E-state index contributed by atoms with van der Waals surface area (Å²) in [5.41, 5.74) is 0.849. The van der Waals surface area contributed by atoms with Crippen LogP contribution in [0.25, 0.3) is 0 Å². The van der Waals surface area contributed by atoms with Crippen LogP contribution < -0.4 is 20.1 Å². The van der Waals surface area contributed by atoms with Gasteiger partial charge in [0.2, 0.25) is 5.92 Å². The van der Waals surface area contributed by atoms with Crippen LogP contribution in [0.5, 0.6) is 11.5 Å². The summed E-state index contributed by atoms with van der Waals surface area (Å²) < 4.78 is 36.4. The summed E-state index contributed by atoms with van der Waals surface area (Å²) in [5.74, 6) is -2.22. The van der Waals surface area contributed by atoms with Crippen molar-refractivity contribution in [2.75, 3.05) is 20.8 Å². The summed E-state index contributed by atoms with van der Waals surface area (Å²) in [5, 5.41) is 5.32. The molecular formula is C16H22F2N2O3. The van der Waals surface area contributed by atoms with Gasteiger partial charge in [-0.25, -0.2) is 13.6 Å². The summed E-state index contributed by atoms with van der Waals surface area (Å²) in [4.78, 5) is 11.7. The Kier molecular flexibility index (Phi) is 5.28. The second kappa shape index (κ2) is 7.02. The molecule has 0 heterocycles. The van der Waals surface area contributed by atoms with Gasteiger partial charge in [-0.15, -0.1) is 0 Å². The molecule has 1 aliphatic rings. The Morgan fingerprint density at radius 3 is 2.52 bits per heavy atom. The number of nitrogens with one attached hydrogen (secondary N) is 2. The van der Waals surface area contributed by atoms with Crippen LogP contribution in [0.3, 0.4) is 0 Å². The van der Waals surface area contributed by atoms with Gasteiger partial charge in [-0.2, -0.15) is 0 Å². The van der Waals surface area contributed by atoms with Crippen LogP contribution in [0.2, 0.25) is 0 Å². The van der Waals surface area contributed by atoms with Gasteiger partial charge in [0.05, 0.1) is 14.2 Å². The van der Waals surface area contributed by atoms with Crippen LogP contribution in [0.15, 0.2) is 18.2 Å². The largest absolute Gasteiger partial charge is 0.493 e. The van der Waals surface area contributed by atoms with Crippen molar-refractivity contribution >= 4 is 6.03 Å². The molecule has 7 heteroatoms. The molecule has 0 saturated heterocycles. The van der Waals surface area contributed by atoms with Crippen LogP contribution in [0.4, 0.5) is 13.6 Å². The second-order valence-corrected chi connectivity index (χ2v) is 5.81. The van der Waals surface area contributed by atoms with Gasteiger partial charge in [-0.3, -0.25) is 0 Å². The van der Waals surface area contributed by atoms with Crippen LogP contribution in [-0.2, 0) is 6.54 Å². The molecule has 1 aliphatic carbocycles. The number of urea groups is 1. The molecular weight excluding hydrogens is 306 g/mol. The lowest BCUT2D eigenvalue weighted by Crippen LogP contribution is -2.36. The zero-order chi connectivity index (χ0) is 17.0. The number of benzene rings is 1. The normalized spacial score (nSPS) is 19.9. The van der Waals surface area contributed by atoms with Gasteiger partial charge in [-0.1, -0.05) is 6.07 Å². The van der Waals surface area contributed by atoms with Crippen molar-refractivity contribution in [2.45, 2.75) is 25.8 Å². The molecule has 1 aromatic carbocycles. The molecule has 0 unspecified atom stereocenters. The van der Waals surface area contributed by atoms with Gasteiger partial charge in [0.1, 0.15) is 0 Å². The monoisotopic (exact) mass is 328 g/mol. The van der Waals surface area contributed by atoms with E-state index in [0.717, 1.165) is 12.5 Å². The average molecular weight is 328 g/mol. The number of halogens is 2. The fourth-order valence-corrected chi connectivity index (χ4v) is 2.55. The quantitative estimate of drug-likeness (QED) is 0.809. The van der Waals surface area contributed by atoms with E-state index in [4.69, 9.17) is 9.47 Å². The van der Waals surface area contributed by atoms with Gasteiger partial charge in [-0.05, 0) is 37.0 Å². The molecule has 2 atom stereocenters. The van der Waals surface area contributed by atoms with E-state index >= 15 is 0 Å². The number of methoxy groups -OCH3 is 2. The standard InChI is InChI=1S/C16H22F2N2O3/c1-16(17,18)12-7-11(12)9-20-15(21)19-8-10-4-5-13(22-2)14(6-10)23-3/h4-6,11-12H,7-9H2,1-3H3,(H2,19,20,21)/t11-,12+/m0/s1. The molecule has 2 N–H and O–H groups in total. The molecule has 1 saturated carbocycles. The number of rotatable bonds is 7. The second-order valence-electron chi connectivity index (χ2n) is 5.81. The van der Waals surface area contributed by atoms with Gasteiger partial charge in [0.15, 0.2) is 11.5 Å². The first kappa shape index (κ1) is 17.3. The topological polar surface area (TPSA) is 59.6 Å². The maximum absolute atomic E-state index is 13.0. The first-order chi connectivity index (χ1) is 10.8. The minimum Gasteiger partial charge on any atom is -0.493 e. The predicted octanol–water partition coefficient (Wildman–Crippen LogP) is 2.79. The average Bonchev–Trinajstić information content (AvgIpc) is 3.30. The third-order valence-corrected chi connectivity index (χ3v) is 4.00. The van der Waals surface area contributed by atoms with Crippen molar-refractivity contribution in [3.05, 3.63) is 23.8 Å². The lowest BCUT2D eigenvalue weighted by atomic mass is 10.2. The molecule has 23 heavy (non-hydrogen) atoms. The number of carbonyl (C=O) groups is 1. The van der Waals surface area contributed by atoms with E-state index in [-0.39, 0.29) is 18.5 Å². The van der Waals surface area contributed by atoms with E-state index in [0.29, 0.717) is 24.5 Å². The molecule has 2 rings (SSSR count). The zero-order valence-electron chi connectivity index (χ0n) is 13.5. The molecule has 1 fully saturated rings. The molecule has 128 valence electrons. The molecule has 0 aromatic heterocycles. The number of hydrogen-bond acceptors (Lipinski definition) is 3. The van der Waals surface area contributed by atoms with Gasteiger partial charge in [0, 0.05) is 19.0 Å². The van der Waals surface area contributed by atoms with E-state index in [1.807, 2.05) is 6.07 Å². The number of alkyl halides is 2. The minimum atomic E-state index is -2.66. The summed E-state index contributed by atoms with van der Waals surface area (Å²) in [6.07, 6.45) is 0.458. The summed E-state index contributed by atoms with van der Waals surface area (Å²) in [6.45, 7) is 1.50. The van der Waals surface area contributed by atoms with Crippen molar-refractivity contribution in [1.82, 2.24) is 10.6 Å². The highest BCUT2D eigenvalue weighted by Crippen LogP contribution is 2.48. The summed E-state index contributed by atoms with van der Waals surface area (Å²) in [6, 6.07) is 4.97. The van der Waals surface area contributed by atoms with E-state index in [2.05, 4.69) is 10.6 Å². The number of ether oxygens (including phenoxy) is 2. The Hall–Kier alpha value is -2.05. The van der Waals surface area contributed by atoms with E-state index in [9.17, 15) is 13.6 Å². The third-order valence-electron chi connectivity index (χ3n) is 4.00. The lowest BCUT2D eigenvalue weighted by Gasteiger charge is -2.12. The maximum Gasteiger partial charge on any atom is 0.315 e. The van der Waals surface area contributed by atoms with E-state index in [1.54, 1.807) is 19.2 Å². The van der Waals surface area contributed by atoms with Crippen LogP contribution >= 0.6 is 0 Å². The molecule has 5 nitrogen and oxygen atoms in total. The minimum absolute atomic E-state index is 0.137.